The zero-order chi connectivity index (χ0) is 19.2. The summed E-state index contributed by atoms with van der Waals surface area (Å²) in [5.41, 5.74) is 3.58. The lowest BCUT2D eigenvalue weighted by Crippen LogP contribution is -2.38. The van der Waals surface area contributed by atoms with Crippen LogP contribution in [0.3, 0.4) is 0 Å². The molecule has 1 N–H and O–H groups in total. The number of aryl methyl sites for hydroxylation is 1. The van der Waals surface area contributed by atoms with Gasteiger partial charge in [-0.3, -0.25) is 9.69 Å². The lowest BCUT2D eigenvalue weighted by atomic mass is 10.1. The molecule has 3 aromatic rings. The molecule has 27 heavy (non-hydrogen) atoms. The van der Waals surface area contributed by atoms with Crippen molar-refractivity contribution in [1.82, 2.24) is 20.0 Å². The number of hydrogen-bond donors (Lipinski definition) is 1. The molecule has 0 aliphatic rings. The van der Waals surface area contributed by atoms with Crippen molar-refractivity contribution in [2.75, 3.05) is 19.6 Å². The summed E-state index contributed by atoms with van der Waals surface area (Å²) in [6.07, 6.45) is 0. The molecule has 1 atom stereocenters. The first kappa shape index (κ1) is 19.3. The van der Waals surface area contributed by atoms with Gasteiger partial charge in [-0.05, 0) is 60.6 Å². The summed E-state index contributed by atoms with van der Waals surface area (Å²) in [5.74, 6) is -0.139. The van der Waals surface area contributed by atoms with Crippen LogP contribution >= 0.6 is 11.3 Å². The average Bonchev–Trinajstić information content (AvgIpc) is 3.35. The summed E-state index contributed by atoms with van der Waals surface area (Å²) in [4.78, 5) is 15.1. The molecule has 0 saturated carbocycles. The van der Waals surface area contributed by atoms with Gasteiger partial charge in [0.05, 0.1) is 11.7 Å². The summed E-state index contributed by atoms with van der Waals surface area (Å²) in [6.45, 7) is 8.70. The minimum absolute atomic E-state index is 0.139. The second-order valence-electron chi connectivity index (χ2n) is 6.42. The van der Waals surface area contributed by atoms with Gasteiger partial charge in [0.25, 0.3) is 5.91 Å². The van der Waals surface area contributed by atoms with Gasteiger partial charge in [0.1, 0.15) is 0 Å². The smallest absolute Gasteiger partial charge is 0.271 e. The van der Waals surface area contributed by atoms with Gasteiger partial charge in [-0.1, -0.05) is 32.0 Å². The summed E-state index contributed by atoms with van der Waals surface area (Å²) < 4.78 is 1.80. The maximum atomic E-state index is 12.7. The van der Waals surface area contributed by atoms with E-state index in [2.05, 4.69) is 46.0 Å². The molecule has 0 saturated heterocycles. The van der Waals surface area contributed by atoms with E-state index >= 15 is 0 Å². The zero-order valence-corrected chi connectivity index (χ0v) is 16.9. The third-order valence-electron chi connectivity index (χ3n) is 4.76. The topological polar surface area (TPSA) is 50.2 Å². The van der Waals surface area contributed by atoms with E-state index in [0.29, 0.717) is 12.2 Å². The van der Waals surface area contributed by atoms with E-state index in [1.807, 2.05) is 43.3 Å². The Morgan fingerprint density at radius 3 is 2.59 bits per heavy atom. The van der Waals surface area contributed by atoms with E-state index in [1.54, 1.807) is 16.0 Å². The fourth-order valence-electron chi connectivity index (χ4n) is 3.28. The number of aromatic nitrogens is 2. The number of carbonyl (C=O) groups is 1. The Morgan fingerprint density at radius 1 is 1.22 bits per heavy atom. The molecular formula is C21H26N4OS. The number of nitrogens with one attached hydrogen (secondary N) is 1. The molecule has 0 radical (unpaired) electrons. The SMILES string of the molecule is CCN(CC)C(CNC(=O)c1cc(C)n(-c2ccccc2)n1)c1ccsc1. The largest absolute Gasteiger partial charge is 0.349 e. The van der Waals surface area contributed by atoms with Crippen LogP contribution in [0, 0.1) is 6.92 Å². The fraction of sp³-hybridized carbons (Fsp3) is 0.333. The van der Waals surface area contributed by atoms with Crippen LogP contribution in [0.1, 0.15) is 41.6 Å². The van der Waals surface area contributed by atoms with Gasteiger partial charge in [-0.25, -0.2) is 4.68 Å². The first-order valence-electron chi connectivity index (χ1n) is 9.30. The molecule has 1 amide bonds. The lowest BCUT2D eigenvalue weighted by Gasteiger charge is -2.29. The van der Waals surface area contributed by atoms with Gasteiger partial charge >= 0.3 is 0 Å². The fourth-order valence-corrected chi connectivity index (χ4v) is 3.99. The molecular weight excluding hydrogens is 356 g/mol. The highest BCUT2D eigenvalue weighted by atomic mass is 32.1. The predicted octanol–water partition coefficient (Wildman–Crippen LogP) is 4.06. The monoisotopic (exact) mass is 382 g/mol. The Hall–Kier alpha value is -2.44. The number of rotatable bonds is 8. The molecule has 0 fully saturated rings. The number of nitrogens with zero attached hydrogens (tertiary/aromatic N) is 3. The third-order valence-corrected chi connectivity index (χ3v) is 5.46. The van der Waals surface area contributed by atoms with Crippen molar-refractivity contribution in [3.63, 3.8) is 0 Å². The molecule has 3 rings (SSSR count). The highest BCUT2D eigenvalue weighted by Gasteiger charge is 2.20. The van der Waals surface area contributed by atoms with E-state index in [1.165, 1.54) is 5.56 Å². The molecule has 0 bridgehead atoms. The Labute approximate surface area is 164 Å². The number of hydrogen-bond acceptors (Lipinski definition) is 4. The van der Waals surface area contributed by atoms with Gasteiger partial charge < -0.3 is 5.32 Å². The van der Waals surface area contributed by atoms with Gasteiger partial charge in [-0.15, -0.1) is 0 Å². The molecule has 1 unspecified atom stereocenters. The van der Waals surface area contributed by atoms with Crippen molar-refractivity contribution >= 4 is 17.2 Å². The van der Waals surface area contributed by atoms with E-state index < -0.39 is 0 Å². The van der Waals surface area contributed by atoms with Gasteiger partial charge in [0.2, 0.25) is 0 Å². The molecule has 2 heterocycles. The van der Waals surface area contributed by atoms with Crippen LogP contribution < -0.4 is 5.32 Å². The molecule has 2 aromatic heterocycles. The summed E-state index contributed by atoms with van der Waals surface area (Å²) in [6, 6.07) is 14.0. The lowest BCUT2D eigenvalue weighted by molar-refractivity contribution is 0.0929. The van der Waals surface area contributed by atoms with Gasteiger partial charge in [-0.2, -0.15) is 16.4 Å². The Kier molecular flexibility index (Phi) is 6.42. The minimum atomic E-state index is -0.139. The van der Waals surface area contributed by atoms with Gasteiger partial charge in [0, 0.05) is 12.2 Å². The molecule has 0 aliphatic carbocycles. The van der Waals surface area contributed by atoms with Crippen LogP contribution in [0.25, 0.3) is 5.69 Å². The number of thiophene rings is 1. The van der Waals surface area contributed by atoms with Crippen molar-refractivity contribution in [1.29, 1.82) is 0 Å². The Bertz CT molecular complexity index is 854. The maximum absolute atomic E-state index is 12.7. The first-order valence-corrected chi connectivity index (χ1v) is 10.2. The minimum Gasteiger partial charge on any atom is -0.349 e. The average molecular weight is 383 g/mol. The van der Waals surface area contributed by atoms with E-state index in [0.717, 1.165) is 24.5 Å². The predicted molar refractivity (Wildman–Crippen MR) is 111 cm³/mol. The first-order chi connectivity index (χ1) is 13.1. The number of para-hydroxylation sites is 1. The molecule has 142 valence electrons. The molecule has 0 spiro atoms. The van der Waals surface area contributed by atoms with Gasteiger partial charge in [0.15, 0.2) is 5.69 Å². The highest BCUT2D eigenvalue weighted by Crippen LogP contribution is 2.22. The van der Waals surface area contributed by atoms with Crippen molar-refractivity contribution in [3.05, 3.63) is 70.2 Å². The van der Waals surface area contributed by atoms with Crippen molar-refractivity contribution in [2.45, 2.75) is 26.8 Å². The summed E-state index contributed by atoms with van der Waals surface area (Å²) in [5, 5.41) is 11.8. The summed E-state index contributed by atoms with van der Waals surface area (Å²) >= 11 is 1.68. The van der Waals surface area contributed by atoms with Crippen molar-refractivity contribution in [2.24, 2.45) is 0 Å². The van der Waals surface area contributed by atoms with Crippen LogP contribution in [0.4, 0.5) is 0 Å². The standard InChI is InChI=1S/C21H26N4OS/c1-4-24(5-2)20(17-11-12-27-15-17)14-22-21(26)19-13-16(3)25(23-19)18-9-7-6-8-10-18/h6-13,15,20H,4-5,14H2,1-3H3,(H,22,26). The van der Waals surface area contributed by atoms with Crippen LogP contribution in [0.2, 0.25) is 0 Å². The van der Waals surface area contributed by atoms with Crippen molar-refractivity contribution in [3.8, 4) is 5.69 Å². The van der Waals surface area contributed by atoms with Crippen LogP contribution in [0.15, 0.2) is 53.2 Å². The molecule has 1 aromatic carbocycles. The second kappa shape index (κ2) is 8.97. The Morgan fingerprint density at radius 2 is 1.96 bits per heavy atom. The van der Waals surface area contributed by atoms with E-state index in [4.69, 9.17) is 0 Å². The van der Waals surface area contributed by atoms with E-state index in [-0.39, 0.29) is 11.9 Å². The highest BCUT2D eigenvalue weighted by molar-refractivity contribution is 7.07. The number of carbonyl (C=O) groups excluding carboxylic acids is 1. The van der Waals surface area contributed by atoms with E-state index in [9.17, 15) is 4.79 Å². The zero-order valence-electron chi connectivity index (χ0n) is 16.1. The van der Waals surface area contributed by atoms with Crippen LogP contribution in [-0.2, 0) is 0 Å². The maximum Gasteiger partial charge on any atom is 0.271 e. The number of benzene rings is 1. The summed E-state index contributed by atoms with van der Waals surface area (Å²) in [7, 11) is 0. The second-order valence-corrected chi connectivity index (χ2v) is 7.20. The normalized spacial score (nSPS) is 12.3. The quantitative estimate of drug-likeness (QED) is 0.639. The third kappa shape index (κ3) is 4.46. The van der Waals surface area contributed by atoms with Crippen LogP contribution in [-0.4, -0.2) is 40.2 Å². The molecule has 0 aliphatic heterocycles. The van der Waals surface area contributed by atoms with Crippen molar-refractivity contribution < 1.29 is 4.79 Å². The number of likely N-dealkylation sites (N-methyl/N-ethyl adjacent to an activating group) is 1. The number of amides is 1. The molecule has 5 nitrogen and oxygen atoms in total. The molecule has 6 heteroatoms. The van der Waals surface area contributed by atoms with Crippen LogP contribution in [0.5, 0.6) is 0 Å². The Balaban J connectivity index is 1.73.